The van der Waals surface area contributed by atoms with Crippen LogP contribution in [-0.4, -0.2) is 24.1 Å². The van der Waals surface area contributed by atoms with Crippen LogP contribution >= 0.6 is 0 Å². The van der Waals surface area contributed by atoms with E-state index in [-0.39, 0.29) is 5.56 Å². The maximum atomic E-state index is 13.0. The average Bonchev–Trinajstić information content (AvgIpc) is 2.40. The lowest BCUT2D eigenvalue weighted by molar-refractivity contribution is -0.276. The van der Waals surface area contributed by atoms with Crippen molar-refractivity contribution in [1.82, 2.24) is 0 Å². The lowest BCUT2D eigenvalue weighted by Crippen LogP contribution is -2.41. The highest BCUT2D eigenvalue weighted by atomic mass is 19.4. The Morgan fingerprint density at radius 2 is 1.54 bits per heavy atom. The van der Waals surface area contributed by atoms with Gasteiger partial charge >= 0.3 is 24.5 Å². The number of cyclic esters (lactones) is 2. The molecule has 0 amide bonds. The summed E-state index contributed by atoms with van der Waals surface area (Å²) in [7, 11) is 0. The Balaban J connectivity index is 2.45. The number of carbonyl (C=O) groups excluding carboxylic acids is 2. The standard InChI is InChI=1S/C15H10F6O5/c1-13(2)25-11(22)8(12(23)26-13)5-7-3-4-10(24-15(19,20)21)9(6-7)14(16,17)18/h3-6H,1-2H3. The third-order valence-electron chi connectivity index (χ3n) is 2.96. The molecule has 11 heteroatoms. The molecule has 2 rings (SSSR count). The number of hydrogen-bond donors (Lipinski definition) is 0. The van der Waals surface area contributed by atoms with Gasteiger partial charge in [-0.25, -0.2) is 9.59 Å². The Morgan fingerprint density at radius 3 is 2.00 bits per heavy atom. The van der Waals surface area contributed by atoms with Gasteiger partial charge in [0.1, 0.15) is 11.3 Å². The maximum absolute atomic E-state index is 13.0. The molecule has 0 unspecified atom stereocenters. The molecule has 0 spiro atoms. The summed E-state index contributed by atoms with van der Waals surface area (Å²) < 4.78 is 88.6. The first-order valence-electron chi connectivity index (χ1n) is 6.83. The molecule has 142 valence electrons. The summed E-state index contributed by atoms with van der Waals surface area (Å²) in [5.41, 5.74) is -2.82. The third kappa shape index (κ3) is 4.67. The van der Waals surface area contributed by atoms with Crippen LogP contribution in [0.5, 0.6) is 5.75 Å². The van der Waals surface area contributed by atoms with E-state index in [1.54, 1.807) is 0 Å². The highest BCUT2D eigenvalue weighted by molar-refractivity contribution is 6.18. The minimum Gasteiger partial charge on any atom is -0.419 e. The molecular formula is C15H10F6O5. The van der Waals surface area contributed by atoms with Gasteiger partial charge in [0.05, 0.1) is 5.56 Å². The van der Waals surface area contributed by atoms with Gasteiger partial charge in [-0.15, -0.1) is 13.2 Å². The van der Waals surface area contributed by atoms with Crippen molar-refractivity contribution in [2.45, 2.75) is 32.2 Å². The van der Waals surface area contributed by atoms with Crippen LogP contribution in [0.25, 0.3) is 6.08 Å². The Bertz CT molecular complexity index is 754. The second-order valence-electron chi connectivity index (χ2n) is 5.54. The van der Waals surface area contributed by atoms with Gasteiger partial charge in [0.25, 0.3) is 5.79 Å². The van der Waals surface area contributed by atoms with Gasteiger partial charge in [0, 0.05) is 13.8 Å². The van der Waals surface area contributed by atoms with Gasteiger partial charge in [-0.3, -0.25) is 0 Å². The number of ether oxygens (including phenoxy) is 3. The van der Waals surface area contributed by atoms with E-state index >= 15 is 0 Å². The molecule has 0 radical (unpaired) electrons. The van der Waals surface area contributed by atoms with Crippen LogP contribution < -0.4 is 4.74 Å². The zero-order valence-electron chi connectivity index (χ0n) is 13.1. The maximum Gasteiger partial charge on any atom is 0.573 e. The summed E-state index contributed by atoms with van der Waals surface area (Å²) in [6.45, 7) is 2.54. The first-order chi connectivity index (χ1) is 11.7. The van der Waals surface area contributed by atoms with Crippen LogP contribution in [-0.2, 0) is 25.2 Å². The second-order valence-corrected chi connectivity index (χ2v) is 5.54. The number of carbonyl (C=O) groups is 2. The molecule has 26 heavy (non-hydrogen) atoms. The van der Waals surface area contributed by atoms with Crippen molar-refractivity contribution < 1.29 is 50.1 Å². The number of hydrogen-bond acceptors (Lipinski definition) is 5. The van der Waals surface area contributed by atoms with E-state index in [4.69, 9.17) is 9.47 Å². The molecule has 0 saturated carbocycles. The summed E-state index contributed by atoms with van der Waals surface area (Å²) in [6, 6.07) is 1.53. The van der Waals surface area contributed by atoms with Gasteiger partial charge in [0.2, 0.25) is 0 Å². The predicted octanol–water partition coefficient (Wildman–Crippen LogP) is 3.82. The minimum absolute atomic E-state index is 0.300. The fourth-order valence-corrected chi connectivity index (χ4v) is 2.02. The van der Waals surface area contributed by atoms with Crippen molar-refractivity contribution in [1.29, 1.82) is 0 Å². The molecule has 1 aromatic rings. The zero-order valence-corrected chi connectivity index (χ0v) is 13.1. The normalized spacial score (nSPS) is 17.5. The molecule has 0 N–H and O–H groups in total. The van der Waals surface area contributed by atoms with E-state index in [9.17, 15) is 35.9 Å². The van der Waals surface area contributed by atoms with Crippen molar-refractivity contribution in [3.8, 4) is 5.75 Å². The van der Waals surface area contributed by atoms with Crippen molar-refractivity contribution in [2.24, 2.45) is 0 Å². The summed E-state index contributed by atoms with van der Waals surface area (Å²) >= 11 is 0. The van der Waals surface area contributed by atoms with Crippen LogP contribution in [0.4, 0.5) is 26.3 Å². The SMILES string of the molecule is CC1(C)OC(=O)C(=Cc2ccc(OC(F)(F)F)c(C(F)(F)F)c2)C(=O)O1. The minimum atomic E-state index is -5.33. The Hall–Kier alpha value is -2.72. The first-order valence-corrected chi connectivity index (χ1v) is 6.83. The van der Waals surface area contributed by atoms with Crippen molar-refractivity contribution in [3.63, 3.8) is 0 Å². The Morgan fingerprint density at radius 1 is 1.00 bits per heavy atom. The van der Waals surface area contributed by atoms with Crippen LogP contribution in [0.1, 0.15) is 25.0 Å². The van der Waals surface area contributed by atoms with E-state index in [0.717, 1.165) is 6.07 Å². The molecule has 0 bridgehead atoms. The number of halogens is 6. The van der Waals surface area contributed by atoms with Crippen LogP contribution in [0.15, 0.2) is 23.8 Å². The Kier molecular flexibility index (Phi) is 4.69. The smallest absolute Gasteiger partial charge is 0.419 e. The monoisotopic (exact) mass is 384 g/mol. The van der Waals surface area contributed by atoms with E-state index in [1.807, 2.05) is 0 Å². The molecule has 5 nitrogen and oxygen atoms in total. The van der Waals surface area contributed by atoms with E-state index < -0.39 is 47.2 Å². The average molecular weight is 384 g/mol. The fraction of sp³-hybridized carbons (Fsp3) is 0.333. The lowest BCUT2D eigenvalue weighted by Gasteiger charge is -2.29. The molecule has 1 aliphatic rings. The van der Waals surface area contributed by atoms with Gasteiger partial charge in [0.15, 0.2) is 0 Å². The fourth-order valence-electron chi connectivity index (χ4n) is 2.02. The number of esters is 2. The molecule has 1 aromatic carbocycles. The van der Waals surface area contributed by atoms with Gasteiger partial charge < -0.3 is 14.2 Å². The van der Waals surface area contributed by atoms with E-state index in [0.29, 0.717) is 18.2 Å². The van der Waals surface area contributed by atoms with Crippen molar-refractivity contribution in [3.05, 3.63) is 34.9 Å². The molecule has 1 aliphatic heterocycles. The molecule has 1 fully saturated rings. The zero-order chi connectivity index (χ0) is 19.9. The van der Waals surface area contributed by atoms with E-state index in [1.165, 1.54) is 13.8 Å². The van der Waals surface area contributed by atoms with Crippen LogP contribution in [0.2, 0.25) is 0 Å². The lowest BCUT2D eigenvalue weighted by atomic mass is 10.1. The summed E-state index contributed by atoms with van der Waals surface area (Å²) in [5.74, 6) is -5.31. The molecule has 1 heterocycles. The first kappa shape index (κ1) is 19.6. The third-order valence-corrected chi connectivity index (χ3v) is 2.96. The van der Waals surface area contributed by atoms with Gasteiger partial charge in [-0.2, -0.15) is 13.2 Å². The molecule has 0 aromatic heterocycles. The van der Waals surface area contributed by atoms with Crippen LogP contribution in [0.3, 0.4) is 0 Å². The highest BCUT2D eigenvalue weighted by Crippen LogP contribution is 2.39. The number of alkyl halides is 6. The number of benzene rings is 1. The second kappa shape index (κ2) is 6.22. The Labute approximate surface area is 142 Å². The molecule has 1 saturated heterocycles. The van der Waals surface area contributed by atoms with Gasteiger partial charge in [-0.1, -0.05) is 6.07 Å². The summed E-state index contributed by atoms with van der Waals surface area (Å²) in [6.07, 6.45) is -9.79. The van der Waals surface area contributed by atoms with Crippen molar-refractivity contribution in [2.75, 3.05) is 0 Å². The van der Waals surface area contributed by atoms with E-state index in [2.05, 4.69) is 4.74 Å². The predicted molar refractivity (Wildman–Crippen MR) is 72.4 cm³/mol. The molecule has 0 atom stereocenters. The molecule has 0 aliphatic carbocycles. The summed E-state index contributed by atoms with van der Waals surface area (Å²) in [4.78, 5) is 23.5. The van der Waals surface area contributed by atoms with Gasteiger partial charge in [-0.05, 0) is 23.8 Å². The summed E-state index contributed by atoms with van der Waals surface area (Å²) in [5, 5.41) is 0. The van der Waals surface area contributed by atoms with Crippen LogP contribution in [0, 0.1) is 0 Å². The molecular weight excluding hydrogens is 374 g/mol. The quantitative estimate of drug-likeness (QED) is 0.336. The number of rotatable bonds is 2. The highest BCUT2D eigenvalue weighted by Gasteiger charge is 2.41. The largest absolute Gasteiger partial charge is 0.573 e. The van der Waals surface area contributed by atoms with Crippen molar-refractivity contribution >= 4 is 18.0 Å². The topological polar surface area (TPSA) is 61.8 Å².